The standard InChI is InChI=1S/C22H23N3O3/c1-3-19(24-20-10-6-8-15-7-4-5-9-18(15)20)22(27)25-23-14-16-13-17(28-2)11-12-21(16)26/h4-14,19,24,26H,3H2,1-2H3,(H,25,27)/b23-14-/t19-/m1/s1. The molecule has 6 nitrogen and oxygen atoms in total. The van der Waals surface area contributed by atoms with Gasteiger partial charge in [0, 0.05) is 16.6 Å². The number of hydrogen-bond acceptors (Lipinski definition) is 5. The molecule has 0 aliphatic rings. The van der Waals surface area contributed by atoms with E-state index in [4.69, 9.17) is 4.74 Å². The smallest absolute Gasteiger partial charge is 0.262 e. The van der Waals surface area contributed by atoms with Gasteiger partial charge in [0.15, 0.2) is 0 Å². The van der Waals surface area contributed by atoms with Crippen LogP contribution in [0, 0.1) is 0 Å². The van der Waals surface area contributed by atoms with Crippen molar-refractivity contribution in [3.8, 4) is 11.5 Å². The third-order valence-electron chi connectivity index (χ3n) is 4.46. The van der Waals surface area contributed by atoms with Gasteiger partial charge in [-0.2, -0.15) is 5.10 Å². The zero-order chi connectivity index (χ0) is 19.9. The first-order chi connectivity index (χ1) is 13.6. The molecule has 1 amide bonds. The van der Waals surface area contributed by atoms with Crippen molar-refractivity contribution in [1.29, 1.82) is 0 Å². The van der Waals surface area contributed by atoms with Crippen LogP contribution in [0.25, 0.3) is 10.8 Å². The van der Waals surface area contributed by atoms with Crippen LogP contribution in [0.1, 0.15) is 18.9 Å². The van der Waals surface area contributed by atoms with Gasteiger partial charge in [0.05, 0.1) is 13.3 Å². The van der Waals surface area contributed by atoms with E-state index in [2.05, 4.69) is 15.8 Å². The summed E-state index contributed by atoms with van der Waals surface area (Å²) in [4.78, 5) is 12.5. The molecule has 144 valence electrons. The Bertz CT molecular complexity index is 996. The van der Waals surface area contributed by atoms with E-state index in [1.165, 1.54) is 12.3 Å². The van der Waals surface area contributed by atoms with Gasteiger partial charge in [0.25, 0.3) is 5.91 Å². The van der Waals surface area contributed by atoms with E-state index in [-0.39, 0.29) is 11.7 Å². The van der Waals surface area contributed by atoms with E-state index in [0.717, 1.165) is 16.5 Å². The quantitative estimate of drug-likeness (QED) is 0.431. The van der Waals surface area contributed by atoms with Crippen LogP contribution in [0.4, 0.5) is 5.69 Å². The number of rotatable bonds is 7. The number of hydrazone groups is 1. The average Bonchev–Trinajstić information content (AvgIpc) is 2.73. The molecule has 3 aromatic rings. The van der Waals surface area contributed by atoms with Crippen LogP contribution in [-0.2, 0) is 4.79 Å². The van der Waals surface area contributed by atoms with Crippen LogP contribution in [0.2, 0.25) is 0 Å². The number of ether oxygens (including phenoxy) is 1. The van der Waals surface area contributed by atoms with E-state index in [9.17, 15) is 9.90 Å². The molecule has 1 atom stereocenters. The second-order valence-corrected chi connectivity index (χ2v) is 6.29. The minimum atomic E-state index is -0.443. The molecule has 0 unspecified atom stereocenters. The van der Waals surface area contributed by atoms with Gasteiger partial charge in [-0.15, -0.1) is 0 Å². The first-order valence-electron chi connectivity index (χ1n) is 9.06. The van der Waals surface area contributed by atoms with Crippen LogP contribution in [-0.4, -0.2) is 30.4 Å². The highest BCUT2D eigenvalue weighted by Crippen LogP contribution is 2.24. The Labute approximate surface area is 163 Å². The highest BCUT2D eigenvalue weighted by Gasteiger charge is 2.16. The van der Waals surface area contributed by atoms with E-state index in [1.807, 2.05) is 49.4 Å². The SMILES string of the molecule is CC[C@@H](Nc1cccc2ccccc12)C(=O)N/N=C\c1cc(OC)ccc1O. The number of carbonyl (C=O) groups is 1. The Kier molecular flexibility index (Phi) is 6.11. The molecule has 3 N–H and O–H groups in total. The van der Waals surface area contributed by atoms with Crippen LogP contribution in [0.3, 0.4) is 0 Å². The largest absolute Gasteiger partial charge is 0.507 e. The van der Waals surface area contributed by atoms with Crippen molar-refractivity contribution in [3.05, 3.63) is 66.2 Å². The van der Waals surface area contributed by atoms with Gasteiger partial charge in [-0.1, -0.05) is 43.3 Å². The Morgan fingerprint density at radius 2 is 1.96 bits per heavy atom. The minimum absolute atomic E-state index is 0.0553. The Hall–Kier alpha value is -3.54. The molecule has 3 rings (SSSR count). The fourth-order valence-corrected chi connectivity index (χ4v) is 2.90. The van der Waals surface area contributed by atoms with Crippen molar-refractivity contribution in [1.82, 2.24) is 5.43 Å². The van der Waals surface area contributed by atoms with Crippen molar-refractivity contribution in [2.45, 2.75) is 19.4 Å². The molecular formula is C22H23N3O3. The third kappa shape index (κ3) is 4.40. The molecule has 0 radical (unpaired) electrons. The lowest BCUT2D eigenvalue weighted by Crippen LogP contribution is -2.36. The molecule has 3 aromatic carbocycles. The molecule has 0 aliphatic heterocycles. The molecule has 0 fully saturated rings. The Morgan fingerprint density at radius 3 is 2.75 bits per heavy atom. The van der Waals surface area contributed by atoms with Crippen molar-refractivity contribution in [2.75, 3.05) is 12.4 Å². The third-order valence-corrected chi connectivity index (χ3v) is 4.46. The van der Waals surface area contributed by atoms with Crippen molar-refractivity contribution >= 4 is 28.6 Å². The van der Waals surface area contributed by atoms with Crippen LogP contribution >= 0.6 is 0 Å². The highest BCUT2D eigenvalue weighted by atomic mass is 16.5. The zero-order valence-corrected chi connectivity index (χ0v) is 15.8. The molecule has 0 aliphatic carbocycles. The van der Waals surface area contributed by atoms with E-state index in [0.29, 0.717) is 17.7 Å². The average molecular weight is 377 g/mol. The van der Waals surface area contributed by atoms with Crippen LogP contribution in [0.5, 0.6) is 11.5 Å². The minimum Gasteiger partial charge on any atom is -0.507 e. The molecule has 0 aromatic heterocycles. The molecule has 0 spiro atoms. The molecule has 0 saturated carbocycles. The van der Waals surface area contributed by atoms with E-state index in [1.54, 1.807) is 19.2 Å². The maximum Gasteiger partial charge on any atom is 0.262 e. The molecule has 0 heterocycles. The lowest BCUT2D eigenvalue weighted by molar-refractivity contribution is -0.121. The number of hydrogen-bond donors (Lipinski definition) is 3. The van der Waals surface area contributed by atoms with Crippen molar-refractivity contribution < 1.29 is 14.6 Å². The lowest BCUT2D eigenvalue weighted by atomic mass is 10.1. The fourth-order valence-electron chi connectivity index (χ4n) is 2.90. The van der Waals surface area contributed by atoms with Crippen LogP contribution in [0.15, 0.2) is 65.8 Å². The predicted octanol–water partition coefficient (Wildman–Crippen LogP) is 3.89. The van der Waals surface area contributed by atoms with E-state index < -0.39 is 6.04 Å². The molecule has 0 saturated heterocycles. The number of benzene rings is 3. The normalized spacial score (nSPS) is 12.1. The first kappa shape index (κ1) is 19.2. The number of fused-ring (bicyclic) bond motifs is 1. The van der Waals surface area contributed by atoms with Gasteiger partial charge in [-0.3, -0.25) is 4.79 Å². The summed E-state index contributed by atoms with van der Waals surface area (Å²) in [5.74, 6) is 0.392. The number of phenols is 1. The number of carbonyl (C=O) groups excluding carboxylic acids is 1. The summed E-state index contributed by atoms with van der Waals surface area (Å²) < 4.78 is 5.12. The van der Waals surface area contributed by atoms with Crippen molar-refractivity contribution in [3.63, 3.8) is 0 Å². The maximum atomic E-state index is 12.5. The number of amides is 1. The second kappa shape index (κ2) is 8.90. The van der Waals surface area contributed by atoms with Gasteiger partial charge in [-0.05, 0) is 36.1 Å². The summed E-state index contributed by atoms with van der Waals surface area (Å²) in [5.41, 5.74) is 3.88. The van der Waals surface area contributed by atoms with Gasteiger partial charge in [-0.25, -0.2) is 5.43 Å². The Morgan fingerprint density at radius 1 is 1.18 bits per heavy atom. The second-order valence-electron chi connectivity index (χ2n) is 6.29. The monoisotopic (exact) mass is 377 g/mol. The van der Waals surface area contributed by atoms with Gasteiger partial charge < -0.3 is 15.2 Å². The number of nitrogens with zero attached hydrogens (tertiary/aromatic N) is 1. The van der Waals surface area contributed by atoms with E-state index >= 15 is 0 Å². The zero-order valence-electron chi connectivity index (χ0n) is 15.8. The van der Waals surface area contributed by atoms with Gasteiger partial charge in [0.2, 0.25) is 0 Å². The molecular weight excluding hydrogens is 354 g/mol. The topological polar surface area (TPSA) is 83.0 Å². The molecule has 28 heavy (non-hydrogen) atoms. The summed E-state index contributed by atoms with van der Waals surface area (Å²) in [5, 5.41) is 19.3. The maximum absolute atomic E-state index is 12.5. The highest BCUT2D eigenvalue weighted by molar-refractivity contribution is 5.96. The fraction of sp³-hybridized carbons (Fsp3) is 0.182. The summed E-state index contributed by atoms with van der Waals surface area (Å²) in [7, 11) is 1.54. The number of nitrogens with one attached hydrogen (secondary N) is 2. The number of methoxy groups -OCH3 is 1. The number of aromatic hydroxyl groups is 1. The van der Waals surface area contributed by atoms with Crippen LogP contribution < -0.4 is 15.5 Å². The predicted molar refractivity (Wildman–Crippen MR) is 112 cm³/mol. The first-order valence-corrected chi connectivity index (χ1v) is 9.06. The lowest BCUT2D eigenvalue weighted by Gasteiger charge is -2.18. The van der Waals surface area contributed by atoms with Gasteiger partial charge in [0.1, 0.15) is 17.5 Å². The summed E-state index contributed by atoms with van der Waals surface area (Å²) in [6, 6.07) is 18.3. The van der Waals surface area contributed by atoms with Crippen molar-refractivity contribution in [2.24, 2.45) is 5.10 Å². The summed E-state index contributed by atoms with van der Waals surface area (Å²) in [6.45, 7) is 1.93. The number of phenolic OH excluding ortho intramolecular Hbond substituents is 1. The van der Waals surface area contributed by atoms with Gasteiger partial charge >= 0.3 is 0 Å². The summed E-state index contributed by atoms with van der Waals surface area (Å²) in [6.07, 6.45) is 1.98. The summed E-state index contributed by atoms with van der Waals surface area (Å²) >= 11 is 0. The number of anilines is 1. The molecule has 6 heteroatoms. The Balaban J connectivity index is 1.70. The molecule has 0 bridgehead atoms.